The summed E-state index contributed by atoms with van der Waals surface area (Å²) in [5.74, 6) is 0.162. The van der Waals surface area contributed by atoms with Crippen molar-refractivity contribution in [3.63, 3.8) is 0 Å². The molecular formula is C12H18BrNOS. The number of aryl methyl sites for hydroxylation is 1. The zero-order valence-corrected chi connectivity index (χ0v) is 12.4. The molecule has 0 N–H and O–H groups in total. The number of nitrogens with zero attached hydrogens (tertiary/aromatic N) is 1. The molecule has 0 saturated heterocycles. The standard InChI is InChI=1S/C12H18BrNOS/c1-9(2)14(6-4-5-13)12(15)11-8-16-7-10(11)3/h7-9H,4-6H2,1-3H3. The van der Waals surface area contributed by atoms with Crippen molar-refractivity contribution in [3.05, 3.63) is 21.9 Å². The summed E-state index contributed by atoms with van der Waals surface area (Å²) in [6.07, 6.45) is 0.993. The highest BCUT2D eigenvalue weighted by Gasteiger charge is 2.20. The van der Waals surface area contributed by atoms with Gasteiger partial charge < -0.3 is 4.90 Å². The third-order valence-corrected chi connectivity index (χ3v) is 3.92. The molecule has 0 atom stereocenters. The van der Waals surface area contributed by atoms with Gasteiger partial charge in [0.2, 0.25) is 0 Å². The van der Waals surface area contributed by atoms with Crippen LogP contribution in [0.2, 0.25) is 0 Å². The van der Waals surface area contributed by atoms with E-state index in [2.05, 4.69) is 29.8 Å². The van der Waals surface area contributed by atoms with Gasteiger partial charge in [-0.15, -0.1) is 0 Å². The van der Waals surface area contributed by atoms with Crippen LogP contribution in [-0.2, 0) is 0 Å². The van der Waals surface area contributed by atoms with E-state index in [1.165, 1.54) is 0 Å². The van der Waals surface area contributed by atoms with E-state index >= 15 is 0 Å². The summed E-state index contributed by atoms with van der Waals surface area (Å²) in [5, 5.41) is 4.91. The lowest BCUT2D eigenvalue weighted by molar-refractivity contribution is 0.0706. The van der Waals surface area contributed by atoms with Crippen LogP contribution in [0.25, 0.3) is 0 Å². The van der Waals surface area contributed by atoms with Crippen molar-refractivity contribution >= 4 is 33.2 Å². The summed E-state index contributed by atoms with van der Waals surface area (Å²) in [4.78, 5) is 14.2. The second-order valence-corrected chi connectivity index (χ2v) is 5.64. The number of halogens is 1. The van der Waals surface area contributed by atoms with Crippen LogP contribution in [0, 0.1) is 6.92 Å². The first-order valence-corrected chi connectivity index (χ1v) is 7.54. The topological polar surface area (TPSA) is 20.3 Å². The number of carbonyl (C=O) groups excluding carboxylic acids is 1. The Morgan fingerprint density at radius 1 is 1.50 bits per heavy atom. The monoisotopic (exact) mass is 303 g/mol. The Hall–Kier alpha value is -0.350. The molecule has 1 rings (SSSR count). The largest absolute Gasteiger partial charge is 0.336 e. The minimum atomic E-state index is 0.162. The molecule has 90 valence electrons. The summed E-state index contributed by atoms with van der Waals surface area (Å²) in [5.41, 5.74) is 1.94. The Balaban J connectivity index is 2.79. The molecule has 1 heterocycles. The predicted octanol–water partition coefficient (Wildman–Crippen LogP) is 3.69. The Labute approximate surface area is 110 Å². The molecule has 1 aromatic heterocycles. The van der Waals surface area contributed by atoms with Crippen LogP contribution in [0.1, 0.15) is 36.2 Å². The summed E-state index contributed by atoms with van der Waals surface area (Å²) in [6, 6.07) is 0.255. The molecule has 0 aliphatic heterocycles. The van der Waals surface area contributed by atoms with Gasteiger partial charge in [-0.25, -0.2) is 0 Å². The molecule has 1 aromatic rings. The van der Waals surface area contributed by atoms with Crippen molar-refractivity contribution in [2.75, 3.05) is 11.9 Å². The molecule has 0 saturated carbocycles. The number of amides is 1. The van der Waals surface area contributed by atoms with Gasteiger partial charge in [-0.05, 0) is 38.1 Å². The lowest BCUT2D eigenvalue weighted by Crippen LogP contribution is -2.38. The van der Waals surface area contributed by atoms with E-state index in [0.717, 1.165) is 29.4 Å². The highest BCUT2D eigenvalue weighted by Crippen LogP contribution is 2.17. The molecule has 0 aliphatic rings. The minimum Gasteiger partial charge on any atom is -0.336 e. The van der Waals surface area contributed by atoms with Gasteiger partial charge in [0.1, 0.15) is 0 Å². The van der Waals surface area contributed by atoms with Crippen LogP contribution in [0.4, 0.5) is 0 Å². The summed E-state index contributed by atoms with van der Waals surface area (Å²) in [6.45, 7) is 6.94. The summed E-state index contributed by atoms with van der Waals surface area (Å²) >= 11 is 4.99. The van der Waals surface area contributed by atoms with Crippen molar-refractivity contribution in [2.45, 2.75) is 33.2 Å². The number of carbonyl (C=O) groups is 1. The molecule has 0 bridgehead atoms. The van der Waals surface area contributed by atoms with Crippen LogP contribution < -0.4 is 0 Å². The van der Waals surface area contributed by atoms with E-state index in [0.29, 0.717) is 0 Å². The van der Waals surface area contributed by atoms with Crippen molar-refractivity contribution in [3.8, 4) is 0 Å². The van der Waals surface area contributed by atoms with Gasteiger partial charge in [0.05, 0.1) is 5.56 Å². The van der Waals surface area contributed by atoms with E-state index < -0.39 is 0 Å². The van der Waals surface area contributed by atoms with E-state index in [4.69, 9.17) is 0 Å². The van der Waals surface area contributed by atoms with Gasteiger partial charge >= 0.3 is 0 Å². The van der Waals surface area contributed by atoms with Gasteiger partial charge in [0.25, 0.3) is 5.91 Å². The Bertz CT molecular complexity index is 349. The van der Waals surface area contributed by atoms with Gasteiger partial charge in [0.15, 0.2) is 0 Å². The maximum atomic E-state index is 12.3. The van der Waals surface area contributed by atoms with Crippen molar-refractivity contribution in [1.29, 1.82) is 0 Å². The number of hydrogen-bond acceptors (Lipinski definition) is 2. The van der Waals surface area contributed by atoms with E-state index in [1.807, 2.05) is 22.6 Å². The van der Waals surface area contributed by atoms with Gasteiger partial charge in [-0.3, -0.25) is 4.79 Å². The molecule has 0 radical (unpaired) electrons. The maximum Gasteiger partial charge on any atom is 0.255 e. The maximum absolute atomic E-state index is 12.3. The molecule has 16 heavy (non-hydrogen) atoms. The zero-order chi connectivity index (χ0) is 12.1. The minimum absolute atomic E-state index is 0.162. The molecule has 0 spiro atoms. The molecule has 0 fully saturated rings. The lowest BCUT2D eigenvalue weighted by Gasteiger charge is -2.26. The van der Waals surface area contributed by atoms with Crippen LogP contribution in [0.15, 0.2) is 10.8 Å². The fourth-order valence-electron chi connectivity index (χ4n) is 1.56. The first kappa shape index (κ1) is 13.7. The number of thiophene rings is 1. The highest BCUT2D eigenvalue weighted by atomic mass is 79.9. The Morgan fingerprint density at radius 2 is 2.19 bits per heavy atom. The molecular weight excluding hydrogens is 286 g/mol. The van der Waals surface area contributed by atoms with Crippen molar-refractivity contribution in [2.24, 2.45) is 0 Å². The SMILES string of the molecule is Cc1cscc1C(=O)N(CCCBr)C(C)C. The predicted molar refractivity (Wildman–Crippen MR) is 73.6 cm³/mol. The van der Waals surface area contributed by atoms with E-state index in [-0.39, 0.29) is 11.9 Å². The van der Waals surface area contributed by atoms with Gasteiger partial charge in [-0.2, -0.15) is 11.3 Å². The van der Waals surface area contributed by atoms with Crippen molar-refractivity contribution < 1.29 is 4.79 Å². The fourth-order valence-corrected chi connectivity index (χ4v) is 2.63. The molecule has 2 nitrogen and oxygen atoms in total. The smallest absolute Gasteiger partial charge is 0.255 e. The molecule has 0 aromatic carbocycles. The number of hydrogen-bond donors (Lipinski definition) is 0. The van der Waals surface area contributed by atoms with Crippen LogP contribution in [-0.4, -0.2) is 28.7 Å². The Morgan fingerprint density at radius 3 is 2.62 bits per heavy atom. The average molecular weight is 304 g/mol. The average Bonchev–Trinajstić information content (AvgIpc) is 2.64. The zero-order valence-electron chi connectivity index (χ0n) is 10.00. The van der Waals surface area contributed by atoms with Crippen molar-refractivity contribution in [1.82, 2.24) is 4.90 Å². The second-order valence-electron chi connectivity index (χ2n) is 4.10. The molecule has 1 amide bonds. The van der Waals surface area contributed by atoms with Gasteiger partial charge in [-0.1, -0.05) is 15.9 Å². The molecule has 4 heteroatoms. The van der Waals surface area contributed by atoms with E-state index in [1.54, 1.807) is 11.3 Å². The number of rotatable bonds is 5. The Kier molecular flexibility index (Phi) is 5.49. The van der Waals surface area contributed by atoms with Crippen LogP contribution in [0.5, 0.6) is 0 Å². The normalized spacial score (nSPS) is 10.8. The molecule has 0 unspecified atom stereocenters. The van der Waals surface area contributed by atoms with Crippen LogP contribution >= 0.6 is 27.3 Å². The fraction of sp³-hybridized carbons (Fsp3) is 0.583. The first-order chi connectivity index (χ1) is 7.57. The quantitative estimate of drug-likeness (QED) is 0.760. The second kappa shape index (κ2) is 6.40. The van der Waals surface area contributed by atoms with Crippen LogP contribution in [0.3, 0.4) is 0 Å². The number of alkyl halides is 1. The van der Waals surface area contributed by atoms with E-state index in [9.17, 15) is 4.79 Å². The highest BCUT2D eigenvalue weighted by molar-refractivity contribution is 9.09. The summed E-state index contributed by atoms with van der Waals surface area (Å²) in [7, 11) is 0. The lowest BCUT2D eigenvalue weighted by atomic mass is 10.1. The molecule has 0 aliphatic carbocycles. The third-order valence-electron chi connectivity index (χ3n) is 2.50. The van der Waals surface area contributed by atoms with Gasteiger partial charge in [0, 0.05) is 23.3 Å². The summed E-state index contributed by atoms with van der Waals surface area (Å²) < 4.78 is 0. The third kappa shape index (κ3) is 3.32. The first-order valence-electron chi connectivity index (χ1n) is 5.47.